The van der Waals surface area contributed by atoms with Crippen LogP contribution in [-0.2, 0) is 23.9 Å². The lowest BCUT2D eigenvalue weighted by atomic mass is 9.84. The first-order chi connectivity index (χ1) is 20.2. The molecule has 43 heavy (non-hydrogen) atoms. The van der Waals surface area contributed by atoms with Crippen LogP contribution in [0.1, 0.15) is 85.3 Å². The molecule has 2 aliphatic rings. The standard InChI is InChI=1S/C32H45F2N3O6/c1-7-11-22(28(39)29(40)35-20(6)21-12-9-8-10-13-21)16-25(38)27-23-14-15-32(33,34)24(23)17-37(27)30(41)26(18(2)3)36-31(42)43-19(4)5/h8-10,12-13,18-20,22-24,26-27H,7,11,14-17H2,1-6H3,(H,35,40)(H,36,42)/t20-,22?,23+,24+,26+,27+/m1/s1. The maximum atomic E-state index is 14.9. The number of ketones is 2. The third-order valence-electron chi connectivity index (χ3n) is 8.49. The predicted molar refractivity (Wildman–Crippen MR) is 156 cm³/mol. The Bertz CT molecular complexity index is 1170. The van der Waals surface area contributed by atoms with E-state index in [1.165, 1.54) is 0 Å². The highest BCUT2D eigenvalue weighted by Crippen LogP contribution is 2.51. The Labute approximate surface area is 252 Å². The molecule has 1 heterocycles. The number of alkyl halides is 2. The summed E-state index contributed by atoms with van der Waals surface area (Å²) >= 11 is 0. The minimum Gasteiger partial charge on any atom is -0.447 e. The van der Waals surface area contributed by atoms with Crippen molar-refractivity contribution in [2.75, 3.05) is 6.54 Å². The van der Waals surface area contributed by atoms with Crippen LogP contribution in [0.5, 0.6) is 0 Å². The van der Waals surface area contributed by atoms with Crippen molar-refractivity contribution in [3.63, 3.8) is 0 Å². The molecule has 1 aliphatic carbocycles. The van der Waals surface area contributed by atoms with Crippen molar-refractivity contribution < 1.29 is 37.5 Å². The van der Waals surface area contributed by atoms with Gasteiger partial charge in [0.2, 0.25) is 11.7 Å². The summed E-state index contributed by atoms with van der Waals surface area (Å²) in [4.78, 5) is 67.4. The number of halogens is 2. The van der Waals surface area contributed by atoms with Gasteiger partial charge < -0.3 is 20.3 Å². The maximum absolute atomic E-state index is 14.9. The zero-order valence-corrected chi connectivity index (χ0v) is 25.9. The molecule has 2 fully saturated rings. The molecule has 1 aliphatic heterocycles. The zero-order valence-electron chi connectivity index (χ0n) is 25.9. The van der Waals surface area contributed by atoms with Crippen LogP contribution in [0.15, 0.2) is 30.3 Å². The van der Waals surface area contributed by atoms with Crippen molar-refractivity contribution >= 4 is 29.5 Å². The summed E-state index contributed by atoms with van der Waals surface area (Å²) in [7, 11) is 0. The molecule has 1 aromatic rings. The topological polar surface area (TPSA) is 122 Å². The molecule has 1 saturated carbocycles. The summed E-state index contributed by atoms with van der Waals surface area (Å²) in [5.74, 6) is -9.18. The Morgan fingerprint density at radius 2 is 1.67 bits per heavy atom. The first-order valence-corrected chi connectivity index (χ1v) is 15.3. The van der Waals surface area contributed by atoms with Gasteiger partial charge in [-0.3, -0.25) is 19.2 Å². The number of fused-ring (bicyclic) bond motifs is 1. The second kappa shape index (κ2) is 14.4. The molecule has 1 saturated heterocycles. The summed E-state index contributed by atoms with van der Waals surface area (Å²) in [5.41, 5.74) is 0.811. The highest BCUT2D eigenvalue weighted by atomic mass is 19.3. The fourth-order valence-electron chi connectivity index (χ4n) is 6.29. The number of benzene rings is 1. The van der Waals surface area contributed by atoms with Crippen molar-refractivity contribution in [1.82, 2.24) is 15.5 Å². The Balaban J connectivity index is 1.83. The average Bonchev–Trinajstić information content (AvgIpc) is 3.47. The van der Waals surface area contributed by atoms with E-state index in [-0.39, 0.29) is 25.8 Å². The van der Waals surface area contributed by atoms with E-state index >= 15 is 0 Å². The number of carbonyl (C=O) groups is 5. The van der Waals surface area contributed by atoms with E-state index in [4.69, 9.17) is 4.74 Å². The number of nitrogens with zero attached hydrogens (tertiary/aromatic N) is 1. The molecule has 2 N–H and O–H groups in total. The molecular formula is C32H45F2N3O6. The lowest BCUT2D eigenvalue weighted by molar-refractivity contribution is -0.144. The molecule has 6 atom stereocenters. The van der Waals surface area contributed by atoms with Crippen molar-refractivity contribution in [3.8, 4) is 0 Å². The smallest absolute Gasteiger partial charge is 0.408 e. The van der Waals surface area contributed by atoms with Crippen LogP contribution in [-0.4, -0.2) is 65.0 Å². The van der Waals surface area contributed by atoms with E-state index < -0.39 is 89.7 Å². The van der Waals surface area contributed by atoms with Crippen LogP contribution in [0.25, 0.3) is 0 Å². The number of hydrogen-bond donors (Lipinski definition) is 2. The van der Waals surface area contributed by atoms with Gasteiger partial charge in [-0.25, -0.2) is 13.6 Å². The van der Waals surface area contributed by atoms with Crippen LogP contribution >= 0.6 is 0 Å². The number of amides is 3. The van der Waals surface area contributed by atoms with Gasteiger partial charge in [-0.15, -0.1) is 0 Å². The van der Waals surface area contributed by atoms with E-state index in [9.17, 15) is 32.8 Å². The van der Waals surface area contributed by atoms with Crippen LogP contribution < -0.4 is 10.6 Å². The molecule has 0 spiro atoms. The van der Waals surface area contributed by atoms with E-state index in [1.54, 1.807) is 34.6 Å². The van der Waals surface area contributed by atoms with Crippen molar-refractivity contribution in [2.24, 2.45) is 23.7 Å². The highest BCUT2D eigenvalue weighted by Gasteiger charge is 2.61. The number of carbonyl (C=O) groups excluding carboxylic acids is 5. The molecule has 3 rings (SSSR count). The zero-order chi connectivity index (χ0) is 32.1. The second-order valence-electron chi connectivity index (χ2n) is 12.5. The largest absolute Gasteiger partial charge is 0.447 e. The van der Waals surface area contributed by atoms with Crippen LogP contribution in [0.4, 0.5) is 13.6 Å². The van der Waals surface area contributed by atoms with Crippen LogP contribution in [0.3, 0.4) is 0 Å². The van der Waals surface area contributed by atoms with Gasteiger partial charge in [-0.1, -0.05) is 57.5 Å². The summed E-state index contributed by atoms with van der Waals surface area (Å²) in [5, 5.41) is 5.23. The minimum atomic E-state index is -3.05. The Morgan fingerprint density at radius 1 is 1.02 bits per heavy atom. The van der Waals surface area contributed by atoms with Gasteiger partial charge >= 0.3 is 6.09 Å². The van der Waals surface area contributed by atoms with Gasteiger partial charge in [-0.05, 0) is 51.0 Å². The molecule has 3 amide bonds. The van der Waals surface area contributed by atoms with Crippen LogP contribution in [0, 0.1) is 23.7 Å². The quantitative estimate of drug-likeness (QED) is 0.311. The molecule has 238 valence electrons. The van der Waals surface area contributed by atoms with Gasteiger partial charge in [0.05, 0.1) is 18.2 Å². The molecule has 9 nitrogen and oxygen atoms in total. The minimum absolute atomic E-state index is 0.0501. The van der Waals surface area contributed by atoms with Gasteiger partial charge in [0.25, 0.3) is 11.8 Å². The van der Waals surface area contributed by atoms with Crippen molar-refractivity contribution in [3.05, 3.63) is 35.9 Å². The van der Waals surface area contributed by atoms with Gasteiger partial charge in [0, 0.05) is 31.2 Å². The van der Waals surface area contributed by atoms with Crippen molar-refractivity contribution in [2.45, 2.75) is 104 Å². The van der Waals surface area contributed by atoms with Crippen molar-refractivity contribution in [1.29, 1.82) is 0 Å². The molecule has 1 unspecified atom stereocenters. The molecule has 0 aromatic heterocycles. The second-order valence-corrected chi connectivity index (χ2v) is 12.5. The number of rotatable bonds is 13. The first-order valence-electron chi connectivity index (χ1n) is 15.3. The normalized spacial score (nSPS) is 22.9. The number of likely N-dealkylation sites (tertiary alicyclic amines) is 1. The molecule has 0 radical (unpaired) electrons. The Kier molecular flexibility index (Phi) is 11.4. The molecule has 1 aromatic carbocycles. The first kappa shape index (κ1) is 34.1. The van der Waals surface area contributed by atoms with E-state index in [2.05, 4.69) is 10.6 Å². The van der Waals surface area contributed by atoms with E-state index in [1.807, 2.05) is 37.3 Å². The number of ether oxygens (including phenoxy) is 1. The average molecular weight is 606 g/mol. The maximum Gasteiger partial charge on any atom is 0.408 e. The SMILES string of the molecule is CCCC(CC(=O)[C@@H]1[C@H]2CCC(F)(F)[C@H]2CN1C(=O)[C@@H](NC(=O)OC(C)C)C(C)C)C(=O)C(=O)N[C@H](C)c1ccccc1. The Hall–Kier alpha value is -3.37. The fraction of sp³-hybridized carbons (Fsp3) is 0.656. The summed E-state index contributed by atoms with van der Waals surface area (Å²) in [6, 6.07) is 6.39. The molecule has 0 bridgehead atoms. The third-order valence-corrected chi connectivity index (χ3v) is 8.49. The fourth-order valence-corrected chi connectivity index (χ4v) is 6.29. The van der Waals surface area contributed by atoms with Gasteiger partial charge in [0.15, 0.2) is 5.78 Å². The van der Waals surface area contributed by atoms with Gasteiger partial charge in [-0.2, -0.15) is 0 Å². The molecular weight excluding hydrogens is 560 g/mol. The lowest BCUT2D eigenvalue weighted by Gasteiger charge is -2.32. The van der Waals surface area contributed by atoms with Crippen LogP contribution in [0.2, 0.25) is 0 Å². The number of Topliss-reactive ketones (excluding diaryl/α,β-unsaturated/α-hetero) is 2. The highest BCUT2D eigenvalue weighted by molar-refractivity contribution is 6.37. The number of alkyl carbamates (subject to hydrolysis) is 1. The number of nitrogens with one attached hydrogen (secondary N) is 2. The lowest BCUT2D eigenvalue weighted by Crippen LogP contribution is -2.55. The number of hydrogen-bond acceptors (Lipinski definition) is 6. The van der Waals surface area contributed by atoms with Gasteiger partial charge in [0.1, 0.15) is 6.04 Å². The summed E-state index contributed by atoms with van der Waals surface area (Å²) < 4.78 is 35.0. The predicted octanol–water partition coefficient (Wildman–Crippen LogP) is 4.84. The van der Waals surface area contributed by atoms with E-state index in [0.717, 1.165) is 10.5 Å². The summed E-state index contributed by atoms with van der Waals surface area (Å²) in [6.45, 7) is 9.94. The Morgan fingerprint density at radius 3 is 2.26 bits per heavy atom. The third kappa shape index (κ3) is 8.17. The summed E-state index contributed by atoms with van der Waals surface area (Å²) in [6.07, 6.45) is -1.19. The molecule has 11 heteroatoms. The monoisotopic (exact) mass is 605 g/mol. The van der Waals surface area contributed by atoms with E-state index in [0.29, 0.717) is 6.42 Å².